The van der Waals surface area contributed by atoms with Gasteiger partial charge in [0.1, 0.15) is 5.69 Å². The zero-order chi connectivity index (χ0) is 21.3. The zero-order valence-corrected chi connectivity index (χ0v) is 17.0. The van der Waals surface area contributed by atoms with Crippen molar-refractivity contribution in [2.24, 2.45) is 0 Å². The van der Waals surface area contributed by atoms with E-state index in [0.717, 1.165) is 22.5 Å². The van der Waals surface area contributed by atoms with Crippen LogP contribution < -0.4 is 9.80 Å². The van der Waals surface area contributed by atoms with Crippen LogP contribution in [0.25, 0.3) is 11.3 Å². The highest BCUT2D eigenvalue weighted by molar-refractivity contribution is 7.14. The van der Waals surface area contributed by atoms with Crippen LogP contribution in [-0.2, 0) is 0 Å². The first-order valence-electron chi connectivity index (χ1n) is 9.39. The lowest BCUT2D eigenvalue weighted by atomic mass is 10.1. The molecule has 30 heavy (non-hydrogen) atoms. The Hall–Kier alpha value is -3.53. The van der Waals surface area contributed by atoms with E-state index in [1.165, 1.54) is 12.1 Å². The molecule has 0 saturated carbocycles. The fourth-order valence-corrected chi connectivity index (χ4v) is 4.60. The fourth-order valence-electron chi connectivity index (χ4n) is 3.64. The van der Waals surface area contributed by atoms with Crippen molar-refractivity contribution in [3.05, 3.63) is 74.1 Å². The second kappa shape index (κ2) is 8.07. The number of nitro benzene ring substituents is 2. The summed E-state index contributed by atoms with van der Waals surface area (Å²) in [5.74, 6) is 0. The molecule has 1 aliphatic heterocycles. The van der Waals surface area contributed by atoms with E-state index in [0.29, 0.717) is 25.3 Å². The van der Waals surface area contributed by atoms with Crippen molar-refractivity contribution in [1.82, 2.24) is 4.98 Å². The van der Waals surface area contributed by atoms with Crippen molar-refractivity contribution in [3.63, 3.8) is 0 Å². The van der Waals surface area contributed by atoms with Gasteiger partial charge in [-0.3, -0.25) is 20.2 Å². The van der Waals surface area contributed by atoms with Gasteiger partial charge < -0.3 is 9.80 Å². The molecule has 2 heterocycles. The maximum atomic E-state index is 11.5. The van der Waals surface area contributed by atoms with E-state index in [2.05, 4.69) is 4.90 Å². The van der Waals surface area contributed by atoms with Crippen molar-refractivity contribution in [3.8, 4) is 11.3 Å². The first kappa shape index (κ1) is 19.8. The average molecular weight is 425 g/mol. The number of rotatable bonds is 5. The van der Waals surface area contributed by atoms with Gasteiger partial charge >= 0.3 is 0 Å². The van der Waals surface area contributed by atoms with Gasteiger partial charge in [-0.05, 0) is 13.0 Å². The maximum absolute atomic E-state index is 11.5. The third-order valence-corrected chi connectivity index (χ3v) is 6.02. The van der Waals surface area contributed by atoms with Crippen LogP contribution in [0.2, 0.25) is 0 Å². The van der Waals surface area contributed by atoms with Gasteiger partial charge in [-0.15, -0.1) is 11.3 Å². The summed E-state index contributed by atoms with van der Waals surface area (Å²) < 4.78 is 0. The molecule has 0 unspecified atom stereocenters. The first-order chi connectivity index (χ1) is 14.4. The van der Waals surface area contributed by atoms with Crippen molar-refractivity contribution in [1.29, 1.82) is 0 Å². The SMILES string of the molecule is C[C@@H]1CN(c2ccc([N+](=O)[O-])cc2[N+](=O)[O-])CCN1c1nc(-c2ccccc2)cs1. The molecule has 154 valence electrons. The summed E-state index contributed by atoms with van der Waals surface area (Å²) in [7, 11) is 0. The van der Waals surface area contributed by atoms with E-state index in [1.54, 1.807) is 11.3 Å². The van der Waals surface area contributed by atoms with Gasteiger partial charge in [-0.25, -0.2) is 4.98 Å². The molecule has 2 aromatic carbocycles. The van der Waals surface area contributed by atoms with Crippen molar-refractivity contribution >= 4 is 33.5 Å². The van der Waals surface area contributed by atoms with E-state index >= 15 is 0 Å². The Labute approximate surface area is 176 Å². The number of hydrogen-bond donors (Lipinski definition) is 0. The highest BCUT2D eigenvalue weighted by atomic mass is 32.1. The van der Waals surface area contributed by atoms with E-state index in [1.807, 2.05) is 47.5 Å². The van der Waals surface area contributed by atoms with Gasteiger partial charge in [0.15, 0.2) is 5.13 Å². The number of non-ortho nitro benzene ring substituents is 1. The Kier molecular flexibility index (Phi) is 5.32. The second-order valence-corrected chi connectivity index (χ2v) is 7.89. The molecular formula is C20H19N5O4S. The van der Waals surface area contributed by atoms with Gasteiger partial charge in [0.25, 0.3) is 11.4 Å². The van der Waals surface area contributed by atoms with Crippen LogP contribution in [0.3, 0.4) is 0 Å². The van der Waals surface area contributed by atoms with Crippen LogP contribution in [0.1, 0.15) is 6.92 Å². The predicted octanol–water partition coefficient (Wildman–Crippen LogP) is 4.34. The number of hydrogen-bond acceptors (Lipinski definition) is 8. The highest BCUT2D eigenvalue weighted by Crippen LogP contribution is 2.35. The zero-order valence-electron chi connectivity index (χ0n) is 16.2. The van der Waals surface area contributed by atoms with Crippen molar-refractivity contribution in [2.75, 3.05) is 29.4 Å². The summed E-state index contributed by atoms with van der Waals surface area (Å²) in [6.45, 7) is 3.81. The molecule has 0 spiro atoms. The molecule has 9 nitrogen and oxygen atoms in total. The molecule has 1 saturated heterocycles. The molecule has 4 rings (SSSR count). The predicted molar refractivity (Wildman–Crippen MR) is 116 cm³/mol. The van der Waals surface area contributed by atoms with Gasteiger partial charge in [-0.1, -0.05) is 30.3 Å². The second-order valence-electron chi connectivity index (χ2n) is 7.06. The lowest BCUT2D eigenvalue weighted by Gasteiger charge is -2.40. The Balaban J connectivity index is 1.53. The smallest absolute Gasteiger partial charge is 0.299 e. The quantitative estimate of drug-likeness (QED) is 0.442. The Bertz CT molecular complexity index is 1090. The van der Waals surface area contributed by atoms with Crippen LogP contribution in [0.15, 0.2) is 53.9 Å². The van der Waals surface area contributed by atoms with Crippen LogP contribution in [0, 0.1) is 20.2 Å². The number of anilines is 2. The van der Waals surface area contributed by atoms with Gasteiger partial charge in [0, 0.05) is 42.7 Å². The van der Waals surface area contributed by atoms with E-state index < -0.39 is 9.85 Å². The minimum atomic E-state index is -0.621. The maximum Gasteiger partial charge on any atom is 0.299 e. The lowest BCUT2D eigenvalue weighted by molar-refractivity contribution is -0.393. The number of aromatic nitrogens is 1. The van der Waals surface area contributed by atoms with Gasteiger partial charge in [0.05, 0.1) is 21.6 Å². The molecule has 10 heteroatoms. The van der Waals surface area contributed by atoms with Crippen molar-refractivity contribution in [2.45, 2.75) is 13.0 Å². The summed E-state index contributed by atoms with van der Waals surface area (Å²) >= 11 is 1.58. The normalized spacial score (nSPS) is 16.5. The molecule has 1 atom stereocenters. The molecule has 1 aliphatic rings. The molecule has 3 aromatic rings. The lowest BCUT2D eigenvalue weighted by Crippen LogP contribution is -2.52. The molecular weight excluding hydrogens is 406 g/mol. The molecule has 0 aliphatic carbocycles. The van der Waals surface area contributed by atoms with E-state index in [-0.39, 0.29) is 17.4 Å². The number of benzene rings is 2. The summed E-state index contributed by atoms with van der Waals surface area (Å²) in [5, 5.41) is 25.4. The van der Waals surface area contributed by atoms with Crippen LogP contribution >= 0.6 is 11.3 Å². The number of thiazole rings is 1. The topological polar surface area (TPSA) is 106 Å². The van der Waals surface area contributed by atoms with Crippen LogP contribution in [0.4, 0.5) is 22.2 Å². The molecule has 0 amide bonds. The van der Waals surface area contributed by atoms with E-state index in [9.17, 15) is 20.2 Å². The first-order valence-corrected chi connectivity index (χ1v) is 10.3. The minimum Gasteiger partial charge on any atom is -0.362 e. The van der Waals surface area contributed by atoms with Crippen molar-refractivity contribution < 1.29 is 9.85 Å². The summed E-state index contributed by atoms with van der Waals surface area (Å²) in [5.41, 5.74) is 1.86. The summed E-state index contributed by atoms with van der Waals surface area (Å²) in [4.78, 5) is 30.2. The standard InChI is InChI=1S/C20H19N5O4S/c1-14-12-22(18-8-7-16(24(26)27)11-19(18)25(28)29)9-10-23(14)20-21-17(13-30-20)15-5-3-2-4-6-15/h2-8,11,13-14H,9-10,12H2,1H3/t14-/m1/s1. The Morgan fingerprint density at radius 2 is 1.83 bits per heavy atom. The van der Waals surface area contributed by atoms with Gasteiger partial charge in [-0.2, -0.15) is 0 Å². The number of nitrogens with zero attached hydrogens (tertiary/aromatic N) is 5. The monoisotopic (exact) mass is 425 g/mol. The number of piperazine rings is 1. The number of nitro groups is 2. The molecule has 0 bridgehead atoms. The molecule has 0 radical (unpaired) electrons. The Morgan fingerprint density at radius 3 is 2.50 bits per heavy atom. The van der Waals surface area contributed by atoms with Crippen LogP contribution in [0.5, 0.6) is 0 Å². The average Bonchev–Trinajstić information content (AvgIpc) is 3.23. The molecule has 0 N–H and O–H groups in total. The summed E-state index contributed by atoms with van der Waals surface area (Å²) in [6, 6.07) is 13.8. The minimum absolute atomic E-state index is 0.0725. The third-order valence-electron chi connectivity index (χ3n) is 5.14. The van der Waals surface area contributed by atoms with Gasteiger partial charge in [0.2, 0.25) is 0 Å². The summed E-state index contributed by atoms with van der Waals surface area (Å²) in [6.07, 6.45) is 0. The third kappa shape index (κ3) is 3.81. The molecule has 1 fully saturated rings. The fraction of sp³-hybridized carbons (Fsp3) is 0.250. The molecule has 1 aromatic heterocycles. The Morgan fingerprint density at radius 1 is 1.07 bits per heavy atom. The largest absolute Gasteiger partial charge is 0.362 e. The van der Waals surface area contributed by atoms with Crippen LogP contribution in [-0.4, -0.2) is 40.5 Å². The van der Waals surface area contributed by atoms with E-state index in [4.69, 9.17) is 4.98 Å². The highest BCUT2D eigenvalue weighted by Gasteiger charge is 2.30.